The Morgan fingerprint density at radius 3 is 2.84 bits per heavy atom. The van der Waals surface area contributed by atoms with Gasteiger partial charge in [-0.15, -0.1) is 11.3 Å². The Balaban J connectivity index is 1.76. The van der Waals surface area contributed by atoms with E-state index in [9.17, 15) is 8.42 Å². The Labute approximate surface area is 153 Å². The molecule has 0 aromatic carbocycles. The van der Waals surface area contributed by atoms with E-state index in [2.05, 4.69) is 25.1 Å². The first kappa shape index (κ1) is 18.1. The molecule has 0 amide bonds. The number of aromatic nitrogens is 4. The fourth-order valence-electron chi connectivity index (χ4n) is 2.19. The summed E-state index contributed by atoms with van der Waals surface area (Å²) in [6.45, 7) is 3.62. The number of aromatic amines is 1. The van der Waals surface area contributed by atoms with Crippen molar-refractivity contribution in [2.75, 3.05) is 6.26 Å². The second kappa shape index (κ2) is 7.28. The van der Waals surface area contributed by atoms with E-state index in [-0.39, 0.29) is 17.3 Å². The van der Waals surface area contributed by atoms with Crippen molar-refractivity contribution >= 4 is 33.1 Å². The van der Waals surface area contributed by atoms with Gasteiger partial charge in [-0.1, -0.05) is 5.16 Å². The molecule has 134 valence electrons. The van der Waals surface area contributed by atoms with Crippen molar-refractivity contribution in [2.24, 2.45) is 0 Å². The van der Waals surface area contributed by atoms with Crippen LogP contribution >= 0.6 is 23.1 Å². The Bertz CT molecular complexity index is 974. The quantitative estimate of drug-likeness (QED) is 0.627. The van der Waals surface area contributed by atoms with Crippen molar-refractivity contribution in [3.05, 3.63) is 34.4 Å². The zero-order valence-corrected chi connectivity index (χ0v) is 16.3. The average molecular weight is 400 g/mol. The summed E-state index contributed by atoms with van der Waals surface area (Å²) in [4.78, 5) is 5.86. The molecule has 8 nitrogen and oxygen atoms in total. The van der Waals surface area contributed by atoms with Crippen LogP contribution in [0.15, 0.2) is 21.6 Å². The molecule has 0 aliphatic carbocycles. The molecule has 2 N–H and O–H groups in total. The fraction of sp³-hybridized carbons (Fsp3) is 0.357. The highest BCUT2D eigenvalue weighted by Gasteiger charge is 2.22. The molecule has 0 atom stereocenters. The first-order valence-corrected chi connectivity index (χ1v) is 11.0. The highest BCUT2D eigenvalue weighted by molar-refractivity contribution is 7.97. The number of sulfonamides is 1. The second-order valence-corrected chi connectivity index (χ2v) is 9.19. The van der Waals surface area contributed by atoms with E-state index in [1.54, 1.807) is 24.8 Å². The molecule has 0 saturated carbocycles. The zero-order chi connectivity index (χ0) is 18.0. The third kappa shape index (κ3) is 4.11. The number of nitrogens with zero attached hydrogens (tertiary/aromatic N) is 3. The van der Waals surface area contributed by atoms with Crippen molar-refractivity contribution in [3.63, 3.8) is 0 Å². The van der Waals surface area contributed by atoms with E-state index < -0.39 is 10.0 Å². The van der Waals surface area contributed by atoms with Crippen LogP contribution in [0, 0.1) is 13.8 Å². The third-order valence-electron chi connectivity index (χ3n) is 3.32. The van der Waals surface area contributed by atoms with Gasteiger partial charge in [0.25, 0.3) is 0 Å². The van der Waals surface area contributed by atoms with Gasteiger partial charge in [0, 0.05) is 10.6 Å². The molecule has 0 bridgehead atoms. The van der Waals surface area contributed by atoms with Crippen LogP contribution in [-0.2, 0) is 22.3 Å². The summed E-state index contributed by atoms with van der Waals surface area (Å²) in [6.07, 6.45) is 1.93. The van der Waals surface area contributed by atoms with Crippen molar-refractivity contribution in [3.8, 4) is 10.6 Å². The summed E-state index contributed by atoms with van der Waals surface area (Å²) < 4.78 is 32.7. The van der Waals surface area contributed by atoms with E-state index in [0.717, 1.165) is 16.3 Å². The normalized spacial score (nSPS) is 12.0. The lowest BCUT2D eigenvalue weighted by Gasteiger charge is -2.03. The molecule has 0 radical (unpaired) electrons. The second-order valence-electron chi connectivity index (χ2n) is 5.33. The maximum Gasteiger partial charge on any atom is 0.242 e. The molecule has 3 heterocycles. The minimum absolute atomic E-state index is 0.0458. The van der Waals surface area contributed by atoms with Gasteiger partial charge in [-0.25, -0.2) is 13.1 Å². The highest BCUT2D eigenvalue weighted by atomic mass is 32.2. The van der Waals surface area contributed by atoms with Crippen LogP contribution in [0.1, 0.15) is 22.3 Å². The van der Waals surface area contributed by atoms with E-state index in [1.165, 1.54) is 11.3 Å². The first-order valence-electron chi connectivity index (χ1n) is 7.32. The lowest BCUT2D eigenvalue weighted by Crippen LogP contribution is -2.23. The van der Waals surface area contributed by atoms with Gasteiger partial charge in [0.15, 0.2) is 5.82 Å². The summed E-state index contributed by atoms with van der Waals surface area (Å²) in [7, 11) is -3.68. The van der Waals surface area contributed by atoms with Gasteiger partial charge < -0.3 is 4.52 Å². The van der Waals surface area contributed by atoms with Crippen molar-refractivity contribution < 1.29 is 12.9 Å². The lowest BCUT2D eigenvalue weighted by molar-refractivity contribution is 0.371. The van der Waals surface area contributed by atoms with Crippen LogP contribution in [0.4, 0.5) is 0 Å². The highest BCUT2D eigenvalue weighted by Crippen LogP contribution is 2.32. The molecule has 25 heavy (non-hydrogen) atoms. The third-order valence-corrected chi connectivity index (χ3v) is 6.59. The summed E-state index contributed by atoms with van der Waals surface area (Å²) in [5.74, 6) is 1.40. The molecule has 3 rings (SSSR count). The zero-order valence-electron chi connectivity index (χ0n) is 13.9. The summed E-state index contributed by atoms with van der Waals surface area (Å²) in [5, 5.41) is 10.8. The number of nitrogens with one attached hydrogen (secondary N) is 2. The molecular weight excluding hydrogens is 382 g/mol. The van der Waals surface area contributed by atoms with Crippen LogP contribution in [0.3, 0.4) is 0 Å². The minimum atomic E-state index is -3.68. The molecule has 3 aromatic rings. The van der Waals surface area contributed by atoms with Crippen LogP contribution < -0.4 is 4.72 Å². The van der Waals surface area contributed by atoms with E-state index >= 15 is 0 Å². The summed E-state index contributed by atoms with van der Waals surface area (Å²) in [6, 6.07) is 3.51. The first-order chi connectivity index (χ1) is 11.9. The monoisotopic (exact) mass is 399 g/mol. The predicted molar refractivity (Wildman–Crippen MR) is 96.9 cm³/mol. The SMILES string of the molecule is CSCc1noc(CNS(=O)(=O)c2cc(-c3cc(C)[nH]n3)sc2C)n1. The van der Waals surface area contributed by atoms with Gasteiger partial charge >= 0.3 is 0 Å². The number of hydrogen-bond acceptors (Lipinski definition) is 8. The number of aryl methyl sites for hydroxylation is 2. The largest absolute Gasteiger partial charge is 0.338 e. The Morgan fingerprint density at radius 2 is 2.16 bits per heavy atom. The topological polar surface area (TPSA) is 114 Å². The van der Waals surface area contributed by atoms with E-state index in [4.69, 9.17) is 4.52 Å². The average Bonchev–Trinajstić information content (AvgIpc) is 3.26. The summed E-state index contributed by atoms with van der Waals surface area (Å²) in [5.41, 5.74) is 1.65. The maximum atomic E-state index is 12.6. The molecule has 0 spiro atoms. The number of thiophene rings is 1. The van der Waals surface area contributed by atoms with Crippen LogP contribution in [0.2, 0.25) is 0 Å². The van der Waals surface area contributed by atoms with Gasteiger partial charge in [-0.05, 0) is 32.2 Å². The van der Waals surface area contributed by atoms with Crippen molar-refractivity contribution in [2.45, 2.75) is 31.0 Å². The molecule has 3 aromatic heterocycles. The van der Waals surface area contributed by atoms with Crippen LogP contribution in [0.25, 0.3) is 10.6 Å². The van der Waals surface area contributed by atoms with Gasteiger partial charge in [0.2, 0.25) is 15.9 Å². The molecule has 0 aliphatic heterocycles. The molecular formula is C14H17N5O3S3. The molecule has 0 aliphatic rings. The predicted octanol–water partition coefficient (Wildman–Crippen LogP) is 2.48. The van der Waals surface area contributed by atoms with Crippen molar-refractivity contribution in [1.29, 1.82) is 0 Å². The number of H-pyrrole nitrogens is 1. The fourth-order valence-corrected chi connectivity index (χ4v) is 5.09. The van der Waals surface area contributed by atoms with E-state index in [1.807, 2.05) is 19.2 Å². The number of rotatable bonds is 7. The van der Waals surface area contributed by atoms with Gasteiger partial charge in [-0.2, -0.15) is 21.8 Å². The Hall–Kier alpha value is -1.69. The van der Waals surface area contributed by atoms with Crippen molar-refractivity contribution in [1.82, 2.24) is 25.1 Å². The Morgan fingerprint density at radius 1 is 1.36 bits per heavy atom. The van der Waals surface area contributed by atoms with Gasteiger partial charge in [0.1, 0.15) is 5.69 Å². The molecule has 0 unspecified atom stereocenters. The van der Waals surface area contributed by atoms with E-state index in [0.29, 0.717) is 16.5 Å². The van der Waals surface area contributed by atoms with Crippen LogP contribution in [-0.4, -0.2) is 35.0 Å². The molecule has 0 fully saturated rings. The van der Waals surface area contributed by atoms with Gasteiger partial charge in [-0.3, -0.25) is 5.10 Å². The van der Waals surface area contributed by atoms with Gasteiger partial charge in [0.05, 0.1) is 22.1 Å². The smallest absolute Gasteiger partial charge is 0.242 e. The standard InChI is InChI=1S/C14H17N5O3S3/c1-8-4-10(18-17-8)11-5-12(9(2)24-11)25(20,21)15-6-14-16-13(7-23-3)19-22-14/h4-5,15H,6-7H2,1-3H3,(H,17,18). The number of thioether (sulfide) groups is 1. The lowest BCUT2D eigenvalue weighted by atomic mass is 10.3. The minimum Gasteiger partial charge on any atom is -0.338 e. The summed E-state index contributed by atoms with van der Waals surface area (Å²) >= 11 is 2.95. The Kier molecular flexibility index (Phi) is 5.27. The molecule has 0 saturated heterocycles. The van der Waals surface area contributed by atoms with Crippen LogP contribution in [0.5, 0.6) is 0 Å². The number of hydrogen-bond donors (Lipinski definition) is 2. The maximum absolute atomic E-state index is 12.6. The molecule has 11 heteroatoms.